The Kier molecular flexibility index (Phi) is 1.75. The molecule has 0 aliphatic heterocycles. The van der Waals surface area contributed by atoms with E-state index in [4.69, 9.17) is 5.84 Å². The van der Waals surface area contributed by atoms with Crippen molar-refractivity contribution in [3.63, 3.8) is 0 Å². The number of nitrogen functional groups attached to an aromatic ring is 1. The van der Waals surface area contributed by atoms with E-state index in [0.717, 1.165) is 5.69 Å². The highest BCUT2D eigenvalue weighted by molar-refractivity contribution is 7.19. The van der Waals surface area contributed by atoms with Gasteiger partial charge in [-0.1, -0.05) is 12.1 Å². The molecule has 2 nitrogen and oxygen atoms in total. The highest BCUT2D eigenvalue weighted by Gasteiger charge is 2.01. The summed E-state index contributed by atoms with van der Waals surface area (Å²) in [5, 5.41) is 1.26. The topological polar surface area (TPSA) is 38.0 Å². The molecule has 0 unspecified atom stereocenters. The Morgan fingerprint density at radius 3 is 3.00 bits per heavy atom. The maximum absolute atomic E-state index is 5.38. The summed E-state index contributed by atoms with van der Waals surface area (Å²) in [7, 11) is 0. The number of hydrazine groups is 1. The van der Waals surface area contributed by atoms with Crippen LogP contribution in [0.15, 0.2) is 24.3 Å². The molecule has 0 spiro atoms. The smallest absolute Gasteiger partial charge is 0.0663 e. The van der Waals surface area contributed by atoms with Gasteiger partial charge >= 0.3 is 0 Å². The summed E-state index contributed by atoms with van der Waals surface area (Å²) in [6.07, 6.45) is 0. The van der Waals surface area contributed by atoms with Gasteiger partial charge in [-0.2, -0.15) is 0 Å². The summed E-state index contributed by atoms with van der Waals surface area (Å²) in [4.78, 5) is 1.31. The summed E-state index contributed by atoms with van der Waals surface area (Å²) in [5.74, 6) is 5.38. The second kappa shape index (κ2) is 2.77. The van der Waals surface area contributed by atoms with E-state index in [1.54, 1.807) is 11.3 Å². The van der Waals surface area contributed by atoms with Gasteiger partial charge < -0.3 is 5.43 Å². The molecule has 0 bridgehead atoms. The van der Waals surface area contributed by atoms with Crippen LogP contribution in [0, 0.1) is 6.92 Å². The summed E-state index contributed by atoms with van der Waals surface area (Å²) in [6.45, 7) is 2.10. The van der Waals surface area contributed by atoms with Crippen LogP contribution in [0.3, 0.4) is 0 Å². The van der Waals surface area contributed by atoms with Crippen LogP contribution < -0.4 is 11.3 Å². The fourth-order valence-corrected chi connectivity index (χ4v) is 2.30. The van der Waals surface area contributed by atoms with Gasteiger partial charge in [0, 0.05) is 4.88 Å². The first kappa shape index (κ1) is 7.58. The van der Waals surface area contributed by atoms with Crippen molar-refractivity contribution in [3.8, 4) is 0 Å². The molecule has 0 saturated heterocycles. The lowest BCUT2D eigenvalue weighted by Crippen LogP contribution is -2.06. The zero-order chi connectivity index (χ0) is 8.55. The van der Waals surface area contributed by atoms with E-state index in [9.17, 15) is 0 Å². The molecule has 2 rings (SSSR count). The Morgan fingerprint density at radius 2 is 2.25 bits per heavy atom. The van der Waals surface area contributed by atoms with Gasteiger partial charge in [-0.3, -0.25) is 5.84 Å². The number of thiophene rings is 1. The van der Waals surface area contributed by atoms with E-state index in [2.05, 4.69) is 24.5 Å². The van der Waals surface area contributed by atoms with Crippen molar-refractivity contribution in [1.82, 2.24) is 0 Å². The largest absolute Gasteiger partial charge is 0.323 e. The van der Waals surface area contributed by atoms with Crippen LogP contribution >= 0.6 is 11.3 Å². The van der Waals surface area contributed by atoms with Crippen LogP contribution in [0.25, 0.3) is 10.1 Å². The highest BCUT2D eigenvalue weighted by Crippen LogP contribution is 2.30. The highest BCUT2D eigenvalue weighted by atomic mass is 32.1. The molecule has 1 aromatic carbocycles. The number of anilines is 1. The number of hydrogen-bond donors (Lipinski definition) is 2. The fraction of sp³-hybridized carbons (Fsp3) is 0.111. The minimum Gasteiger partial charge on any atom is -0.323 e. The molecule has 0 fully saturated rings. The van der Waals surface area contributed by atoms with E-state index < -0.39 is 0 Å². The van der Waals surface area contributed by atoms with E-state index in [0.29, 0.717) is 0 Å². The fourth-order valence-electron chi connectivity index (χ4n) is 1.31. The minimum absolute atomic E-state index is 1.01. The van der Waals surface area contributed by atoms with Gasteiger partial charge in [0.25, 0.3) is 0 Å². The normalized spacial score (nSPS) is 10.5. The maximum Gasteiger partial charge on any atom is 0.0663 e. The Balaban J connectivity index is 2.78. The SMILES string of the molecule is Cc1cc2cccc(NN)c2s1. The second-order valence-corrected chi connectivity index (χ2v) is 3.98. The number of benzene rings is 1. The van der Waals surface area contributed by atoms with Crippen LogP contribution in [-0.2, 0) is 0 Å². The molecular formula is C9H10N2S. The van der Waals surface area contributed by atoms with Gasteiger partial charge in [0.15, 0.2) is 0 Å². The lowest BCUT2D eigenvalue weighted by molar-refractivity contribution is 1.37. The molecule has 0 aliphatic rings. The third kappa shape index (κ3) is 1.07. The second-order valence-electron chi connectivity index (χ2n) is 2.73. The van der Waals surface area contributed by atoms with Crippen molar-refractivity contribution >= 4 is 27.1 Å². The lowest BCUT2D eigenvalue weighted by atomic mass is 10.2. The average molecular weight is 178 g/mol. The molecular weight excluding hydrogens is 168 g/mol. The Hall–Kier alpha value is -1.06. The summed E-state index contributed by atoms with van der Waals surface area (Å²) < 4.78 is 1.23. The van der Waals surface area contributed by atoms with Crippen LogP contribution in [0.1, 0.15) is 4.88 Å². The van der Waals surface area contributed by atoms with Crippen molar-refractivity contribution in [3.05, 3.63) is 29.1 Å². The summed E-state index contributed by atoms with van der Waals surface area (Å²) >= 11 is 1.76. The predicted octanol–water partition coefficient (Wildman–Crippen LogP) is 2.50. The number of nitrogens with two attached hydrogens (primary N) is 1. The van der Waals surface area contributed by atoms with Gasteiger partial charge in [-0.25, -0.2) is 0 Å². The molecule has 2 aromatic rings. The summed E-state index contributed by atoms with van der Waals surface area (Å²) in [6, 6.07) is 8.25. The standard InChI is InChI=1S/C9H10N2S/c1-6-5-7-3-2-4-8(11-10)9(7)12-6/h2-5,11H,10H2,1H3. The molecule has 3 heteroatoms. The van der Waals surface area contributed by atoms with Crippen molar-refractivity contribution in [2.75, 3.05) is 5.43 Å². The molecule has 3 N–H and O–H groups in total. The number of rotatable bonds is 1. The van der Waals surface area contributed by atoms with Crippen molar-refractivity contribution in [1.29, 1.82) is 0 Å². The Bertz CT molecular complexity index is 406. The maximum atomic E-state index is 5.38. The molecule has 1 aromatic heterocycles. The third-order valence-corrected chi connectivity index (χ3v) is 2.92. The van der Waals surface area contributed by atoms with Crippen LogP contribution in [0.4, 0.5) is 5.69 Å². The number of nitrogens with one attached hydrogen (secondary N) is 1. The van der Waals surface area contributed by atoms with E-state index in [1.807, 2.05) is 12.1 Å². The molecule has 1 heterocycles. The minimum atomic E-state index is 1.01. The first-order valence-corrected chi connectivity index (χ1v) is 4.58. The molecule has 0 radical (unpaired) electrons. The van der Waals surface area contributed by atoms with Crippen molar-refractivity contribution in [2.24, 2.45) is 5.84 Å². The lowest BCUT2D eigenvalue weighted by Gasteiger charge is -1.99. The zero-order valence-corrected chi connectivity index (χ0v) is 7.61. The number of hydrogen-bond acceptors (Lipinski definition) is 3. The van der Waals surface area contributed by atoms with Crippen LogP contribution in [0.5, 0.6) is 0 Å². The molecule has 12 heavy (non-hydrogen) atoms. The van der Waals surface area contributed by atoms with Gasteiger partial charge in [0.1, 0.15) is 0 Å². The zero-order valence-electron chi connectivity index (χ0n) is 6.79. The monoisotopic (exact) mass is 178 g/mol. The first-order valence-electron chi connectivity index (χ1n) is 3.77. The molecule has 0 saturated carbocycles. The Morgan fingerprint density at radius 1 is 1.42 bits per heavy atom. The van der Waals surface area contributed by atoms with Crippen molar-refractivity contribution < 1.29 is 0 Å². The first-order chi connectivity index (χ1) is 5.81. The average Bonchev–Trinajstić information content (AvgIpc) is 2.44. The van der Waals surface area contributed by atoms with Gasteiger partial charge in [-0.15, -0.1) is 11.3 Å². The summed E-state index contributed by atoms with van der Waals surface area (Å²) in [5.41, 5.74) is 3.70. The molecule has 0 amide bonds. The van der Waals surface area contributed by atoms with E-state index in [1.165, 1.54) is 15.0 Å². The third-order valence-electron chi connectivity index (χ3n) is 1.82. The van der Waals surface area contributed by atoms with Crippen LogP contribution in [0.2, 0.25) is 0 Å². The predicted molar refractivity (Wildman–Crippen MR) is 54.4 cm³/mol. The van der Waals surface area contributed by atoms with Crippen LogP contribution in [-0.4, -0.2) is 0 Å². The van der Waals surface area contributed by atoms with Gasteiger partial charge in [0.2, 0.25) is 0 Å². The molecule has 0 atom stereocenters. The number of aryl methyl sites for hydroxylation is 1. The molecule has 0 aliphatic carbocycles. The van der Waals surface area contributed by atoms with E-state index >= 15 is 0 Å². The van der Waals surface area contributed by atoms with Gasteiger partial charge in [0.05, 0.1) is 10.4 Å². The van der Waals surface area contributed by atoms with Crippen molar-refractivity contribution in [2.45, 2.75) is 6.92 Å². The van der Waals surface area contributed by atoms with E-state index in [-0.39, 0.29) is 0 Å². The van der Waals surface area contributed by atoms with Gasteiger partial charge in [-0.05, 0) is 24.4 Å². The Labute approximate surface area is 75.0 Å². The number of fused-ring (bicyclic) bond motifs is 1. The molecule has 62 valence electrons. The quantitative estimate of drug-likeness (QED) is 0.520.